The Morgan fingerprint density at radius 2 is 1.76 bits per heavy atom. The molecule has 0 unspecified atom stereocenters. The molecule has 1 heterocycles. The van der Waals surface area contributed by atoms with Gasteiger partial charge in [0.05, 0.1) is 13.2 Å². The summed E-state index contributed by atoms with van der Waals surface area (Å²) in [6.45, 7) is 9.56. The van der Waals surface area contributed by atoms with Crippen molar-refractivity contribution in [3.8, 4) is 11.5 Å². The van der Waals surface area contributed by atoms with Gasteiger partial charge in [-0.2, -0.15) is 0 Å². The van der Waals surface area contributed by atoms with E-state index in [0.717, 1.165) is 43.2 Å². The van der Waals surface area contributed by atoms with Gasteiger partial charge in [-0.15, -0.1) is 0 Å². The minimum atomic E-state index is 0.674. The number of nitrogens with one attached hydrogen (secondary N) is 2. The summed E-state index contributed by atoms with van der Waals surface area (Å²) >= 11 is 0. The standard InChI is InChI=1S/C23H32N4O2/c1-4-27(5-2)17-19-9-6-8-18(14-19)16-25-23(24-3)26-20-10-11-21-22(15-20)29-13-7-12-28-21/h6,8-11,14-15H,4-5,7,12-13,16-17H2,1-3H3,(H2,24,25,26). The Morgan fingerprint density at radius 3 is 2.52 bits per heavy atom. The molecule has 1 aliphatic heterocycles. The maximum absolute atomic E-state index is 5.77. The number of anilines is 1. The van der Waals surface area contributed by atoms with Gasteiger partial charge in [0.1, 0.15) is 0 Å². The van der Waals surface area contributed by atoms with Gasteiger partial charge >= 0.3 is 0 Å². The van der Waals surface area contributed by atoms with E-state index in [1.54, 1.807) is 7.05 Å². The summed E-state index contributed by atoms with van der Waals surface area (Å²) in [5.74, 6) is 2.28. The van der Waals surface area contributed by atoms with Gasteiger partial charge in [-0.3, -0.25) is 9.89 Å². The maximum Gasteiger partial charge on any atom is 0.195 e. The van der Waals surface area contributed by atoms with Crippen molar-refractivity contribution in [1.82, 2.24) is 10.2 Å². The van der Waals surface area contributed by atoms with Gasteiger partial charge < -0.3 is 20.1 Å². The third-order valence-corrected chi connectivity index (χ3v) is 4.99. The van der Waals surface area contributed by atoms with E-state index in [4.69, 9.17) is 9.47 Å². The summed E-state index contributed by atoms with van der Waals surface area (Å²) in [5.41, 5.74) is 3.48. The molecule has 2 aromatic carbocycles. The summed E-state index contributed by atoms with van der Waals surface area (Å²) in [7, 11) is 1.77. The van der Waals surface area contributed by atoms with Gasteiger partial charge in [0, 0.05) is 38.3 Å². The number of hydrogen-bond donors (Lipinski definition) is 2. The Labute approximate surface area is 173 Å². The molecule has 3 rings (SSSR count). The first kappa shape index (κ1) is 21.0. The van der Waals surface area contributed by atoms with Crippen LogP contribution in [0.25, 0.3) is 0 Å². The monoisotopic (exact) mass is 396 g/mol. The molecular formula is C23H32N4O2. The van der Waals surface area contributed by atoms with Crippen molar-refractivity contribution >= 4 is 11.6 Å². The van der Waals surface area contributed by atoms with Crippen molar-refractivity contribution in [3.63, 3.8) is 0 Å². The van der Waals surface area contributed by atoms with Crippen LogP contribution in [0.4, 0.5) is 5.69 Å². The Hall–Kier alpha value is -2.73. The number of fused-ring (bicyclic) bond motifs is 1. The van der Waals surface area contributed by atoms with Gasteiger partial charge in [-0.05, 0) is 36.3 Å². The van der Waals surface area contributed by atoms with Crippen LogP contribution in [0.1, 0.15) is 31.4 Å². The van der Waals surface area contributed by atoms with Crippen LogP contribution in [0, 0.1) is 0 Å². The first-order valence-corrected chi connectivity index (χ1v) is 10.4. The van der Waals surface area contributed by atoms with Crippen molar-refractivity contribution < 1.29 is 9.47 Å². The van der Waals surface area contributed by atoms with Crippen LogP contribution in [0.5, 0.6) is 11.5 Å². The van der Waals surface area contributed by atoms with Gasteiger partial charge in [-0.1, -0.05) is 38.1 Å². The zero-order valence-electron chi connectivity index (χ0n) is 17.7. The van der Waals surface area contributed by atoms with Gasteiger partial charge in [0.15, 0.2) is 17.5 Å². The zero-order valence-corrected chi connectivity index (χ0v) is 17.7. The fourth-order valence-corrected chi connectivity index (χ4v) is 3.29. The third-order valence-electron chi connectivity index (χ3n) is 4.99. The van der Waals surface area contributed by atoms with E-state index in [9.17, 15) is 0 Å². The second-order valence-corrected chi connectivity index (χ2v) is 7.04. The number of aliphatic imine (C=N–C) groups is 1. The summed E-state index contributed by atoms with van der Waals surface area (Å²) < 4.78 is 11.5. The second kappa shape index (κ2) is 10.7. The molecule has 1 aliphatic rings. The van der Waals surface area contributed by atoms with Crippen LogP contribution in [0.15, 0.2) is 47.5 Å². The molecule has 6 nitrogen and oxygen atoms in total. The quantitative estimate of drug-likeness (QED) is 0.549. The Morgan fingerprint density at radius 1 is 1.00 bits per heavy atom. The van der Waals surface area contributed by atoms with Crippen molar-refractivity contribution in [2.24, 2.45) is 4.99 Å². The molecule has 0 fully saturated rings. The molecule has 0 atom stereocenters. The molecule has 0 saturated heterocycles. The summed E-state index contributed by atoms with van der Waals surface area (Å²) in [4.78, 5) is 6.75. The van der Waals surface area contributed by atoms with Crippen molar-refractivity contribution in [2.75, 3.05) is 38.7 Å². The van der Waals surface area contributed by atoms with E-state index in [2.05, 4.69) is 58.6 Å². The maximum atomic E-state index is 5.77. The zero-order chi connectivity index (χ0) is 20.5. The van der Waals surface area contributed by atoms with Crippen molar-refractivity contribution in [2.45, 2.75) is 33.4 Å². The first-order valence-electron chi connectivity index (χ1n) is 10.4. The molecule has 0 aliphatic carbocycles. The van der Waals surface area contributed by atoms with Crippen LogP contribution in [-0.4, -0.2) is 44.2 Å². The van der Waals surface area contributed by atoms with Crippen LogP contribution < -0.4 is 20.1 Å². The highest BCUT2D eigenvalue weighted by Crippen LogP contribution is 2.32. The largest absolute Gasteiger partial charge is 0.490 e. The molecule has 6 heteroatoms. The second-order valence-electron chi connectivity index (χ2n) is 7.04. The molecule has 0 amide bonds. The fourth-order valence-electron chi connectivity index (χ4n) is 3.29. The summed E-state index contributed by atoms with van der Waals surface area (Å²) in [6.07, 6.45) is 0.897. The number of benzene rings is 2. The molecular weight excluding hydrogens is 364 g/mol. The normalized spacial score (nSPS) is 13.9. The van der Waals surface area contributed by atoms with E-state index < -0.39 is 0 Å². The molecule has 0 aromatic heterocycles. The minimum absolute atomic E-state index is 0.674. The molecule has 2 aromatic rings. The average Bonchev–Trinajstić information content (AvgIpc) is 3.00. The van der Waals surface area contributed by atoms with Gasteiger partial charge in [-0.25, -0.2) is 0 Å². The van der Waals surface area contributed by atoms with E-state index in [-0.39, 0.29) is 0 Å². The Bertz CT molecular complexity index is 818. The highest BCUT2D eigenvalue weighted by atomic mass is 16.5. The molecule has 156 valence electrons. The summed E-state index contributed by atoms with van der Waals surface area (Å²) in [5, 5.41) is 6.72. The van der Waals surface area contributed by atoms with Crippen LogP contribution in [0.3, 0.4) is 0 Å². The highest BCUT2D eigenvalue weighted by Gasteiger charge is 2.11. The van der Waals surface area contributed by atoms with E-state index in [0.29, 0.717) is 25.7 Å². The van der Waals surface area contributed by atoms with E-state index >= 15 is 0 Å². The number of nitrogens with zero attached hydrogens (tertiary/aromatic N) is 2. The van der Waals surface area contributed by atoms with Crippen LogP contribution >= 0.6 is 0 Å². The Kier molecular flexibility index (Phi) is 7.76. The van der Waals surface area contributed by atoms with Crippen LogP contribution in [-0.2, 0) is 13.1 Å². The summed E-state index contributed by atoms with van der Waals surface area (Å²) in [6, 6.07) is 14.6. The molecule has 2 N–H and O–H groups in total. The molecule has 0 saturated carbocycles. The fraction of sp³-hybridized carbons (Fsp3) is 0.435. The predicted octanol–water partition coefficient (Wildman–Crippen LogP) is 3.88. The molecule has 29 heavy (non-hydrogen) atoms. The lowest BCUT2D eigenvalue weighted by Crippen LogP contribution is -2.30. The number of ether oxygens (including phenoxy) is 2. The first-order chi connectivity index (χ1) is 14.2. The number of rotatable bonds is 7. The molecule has 0 spiro atoms. The van der Waals surface area contributed by atoms with E-state index in [1.807, 2.05) is 18.2 Å². The van der Waals surface area contributed by atoms with Crippen LogP contribution in [0.2, 0.25) is 0 Å². The van der Waals surface area contributed by atoms with Gasteiger partial charge in [0.25, 0.3) is 0 Å². The lowest BCUT2D eigenvalue weighted by molar-refractivity contribution is 0.296. The third kappa shape index (κ3) is 6.12. The molecule has 0 radical (unpaired) electrons. The topological polar surface area (TPSA) is 58.1 Å². The minimum Gasteiger partial charge on any atom is -0.490 e. The molecule has 0 bridgehead atoms. The lowest BCUT2D eigenvalue weighted by atomic mass is 10.1. The number of hydrogen-bond acceptors (Lipinski definition) is 4. The Balaban J connectivity index is 1.59. The average molecular weight is 397 g/mol. The predicted molar refractivity (Wildman–Crippen MR) is 119 cm³/mol. The highest BCUT2D eigenvalue weighted by molar-refractivity contribution is 5.93. The van der Waals surface area contributed by atoms with Crippen molar-refractivity contribution in [3.05, 3.63) is 53.6 Å². The van der Waals surface area contributed by atoms with Gasteiger partial charge in [0.2, 0.25) is 0 Å². The lowest BCUT2D eigenvalue weighted by Gasteiger charge is -2.18. The number of guanidine groups is 1. The smallest absolute Gasteiger partial charge is 0.195 e. The van der Waals surface area contributed by atoms with Crippen molar-refractivity contribution in [1.29, 1.82) is 0 Å². The van der Waals surface area contributed by atoms with E-state index in [1.165, 1.54) is 11.1 Å². The SMILES string of the molecule is CCN(CC)Cc1cccc(CNC(=NC)Nc2ccc3c(c2)OCCCO3)c1.